The highest BCUT2D eigenvalue weighted by Gasteiger charge is 2.19. The van der Waals surface area contributed by atoms with Crippen molar-refractivity contribution in [3.63, 3.8) is 0 Å². The number of carboxylic acids is 1. The van der Waals surface area contributed by atoms with Crippen molar-refractivity contribution in [1.82, 2.24) is 0 Å². The van der Waals surface area contributed by atoms with Gasteiger partial charge in [-0.15, -0.1) is 0 Å². The van der Waals surface area contributed by atoms with E-state index < -0.39 is 11.9 Å². The van der Waals surface area contributed by atoms with E-state index in [2.05, 4.69) is 0 Å². The Balaban J connectivity index is 2.44. The molecule has 130 valence electrons. The van der Waals surface area contributed by atoms with E-state index in [1.165, 1.54) is 23.1 Å². The Kier molecular flexibility index (Phi) is 6.42. The van der Waals surface area contributed by atoms with E-state index in [-0.39, 0.29) is 23.6 Å². The summed E-state index contributed by atoms with van der Waals surface area (Å²) in [7, 11) is 0. The predicted molar refractivity (Wildman–Crippen MR) is 96.7 cm³/mol. The summed E-state index contributed by atoms with van der Waals surface area (Å²) < 4.78 is 0. The summed E-state index contributed by atoms with van der Waals surface area (Å²) in [6.45, 7) is 0.0876. The molecule has 0 radical (unpaired) electrons. The molecule has 0 atom stereocenters. The molecule has 1 amide bonds. The lowest BCUT2D eigenvalue weighted by Crippen LogP contribution is -2.30. The van der Waals surface area contributed by atoms with Crippen LogP contribution in [0.2, 0.25) is 15.1 Å². The fraction of sp³-hybridized carbons (Fsp3) is 0.118. The van der Waals surface area contributed by atoms with Crippen LogP contribution >= 0.6 is 34.8 Å². The van der Waals surface area contributed by atoms with Gasteiger partial charge in [-0.1, -0.05) is 40.9 Å². The van der Waals surface area contributed by atoms with E-state index in [9.17, 15) is 19.5 Å². The second-order valence-corrected chi connectivity index (χ2v) is 6.29. The third-order valence-corrected chi connectivity index (χ3v) is 4.44. The fourth-order valence-electron chi connectivity index (χ4n) is 2.17. The number of aldehydes is 1. The Bertz CT molecular complexity index is 839. The predicted octanol–water partition coefficient (Wildman–Crippen LogP) is 4.47. The molecular formula is C17H12Cl3NO4. The molecule has 0 aliphatic carbocycles. The molecule has 0 saturated carbocycles. The van der Waals surface area contributed by atoms with Gasteiger partial charge in [0.05, 0.1) is 33.6 Å². The molecule has 2 rings (SSSR count). The first-order chi connectivity index (χ1) is 11.8. The Morgan fingerprint density at radius 3 is 2.28 bits per heavy atom. The van der Waals surface area contributed by atoms with Crippen LogP contribution in [0.1, 0.15) is 22.3 Å². The van der Waals surface area contributed by atoms with E-state index in [4.69, 9.17) is 34.8 Å². The third kappa shape index (κ3) is 4.72. The number of carbonyl (C=O) groups excluding carboxylic acids is 2. The average molecular weight is 401 g/mol. The van der Waals surface area contributed by atoms with E-state index in [0.717, 1.165) is 0 Å². The molecule has 0 heterocycles. The highest BCUT2D eigenvalue weighted by molar-refractivity contribution is 6.42. The molecule has 2 aromatic carbocycles. The number of halogens is 3. The summed E-state index contributed by atoms with van der Waals surface area (Å²) in [6, 6.07) is 9.05. The molecule has 25 heavy (non-hydrogen) atoms. The minimum Gasteiger partial charge on any atom is -0.478 e. The van der Waals surface area contributed by atoms with Crippen molar-refractivity contribution in [3.8, 4) is 0 Å². The molecule has 2 aromatic rings. The summed E-state index contributed by atoms with van der Waals surface area (Å²) in [6.07, 6.45) is 0.143. The van der Waals surface area contributed by atoms with Gasteiger partial charge in [0.25, 0.3) is 0 Å². The van der Waals surface area contributed by atoms with E-state index >= 15 is 0 Å². The monoisotopic (exact) mass is 399 g/mol. The highest BCUT2D eigenvalue weighted by atomic mass is 35.5. The first kappa shape index (κ1) is 19.2. The number of carboxylic acid groups (broad SMARTS) is 1. The number of nitrogens with zero attached hydrogens (tertiary/aromatic N) is 1. The zero-order valence-electron chi connectivity index (χ0n) is 12.7. The van der Waals surface area contributed by atoms with Gasteiger partial charge in [-0.25, -0.2) is 4.79 Å². The van der Waals surface area contributed by atoms with Crippen molar-refractivity contribution >= 4 is 58.7 Å². The van der Waals surface area contributed by atoms with Crippen molar-refractivity contribution in [2.24, 2.45) is 0 Å². The number of hydrogen-bond acceptors (Lipinski definition) is 3. The zero-order chi connectivity index (χ0) is 18.6. The largest absolute Gasteiger partial charge is 0.478 e. The van der Waals surface area contributed by atoms with Gasteiger partial charge in [-0.3, -0.25) is 4.79 Å². The van der Waals surface area contributed by atoms with Crippen molar-refractivity contribution < 1.29 is 19.5 Å². The van der Waals surface area contributed by atoms with Crippen LogP contribution in [0.25, 0.3) is 0 Å². The van der Waals surface area contributed by atoms with Crippen molar-refractivity contribution in [2.45, 2.75) is 13.0 Å². The standard InChI is InChI=1S/C17H12Cl3NO4/c18-13-4-2-11(8-12(13)17(24)25)21(16(23)5-6-22)9-10-1-3-14(19)15(20)7-10/h1-4,6-8H,5,9H2,(H,24,25). The fourth-order valence-corrected chi connectivity index (χ4v) is 2.69. The molecule has 0 saturated heterocycles. The lowest BCUT2D eigenvalue weighted by Gasteiger charge is -2.23. The summed E-state index contributed by atoms with van der Waals surface area (Å²) >= 11 is 17.7. The molecule has 5 nitrogen and oxygen atoms in total. The van der Waals surface area contributed by atoms with E-state index in [1.54, 1.807) is 18.2 Å². The van der Waals surface area contributed by atoms with Gasteiger partial charge in [0.15, 0.2) is 0 Å². The van der Waals surface area contributed by atoms with Gasteiger partial charge in [0.1, 0.15) is 6.29 Å². The van der Waals surface area contributed by atoms with E-state index in [0.29, 0.717) is 27.6 Å². The molecule has 0 fully saturated rings. The molecule has 0 bridgehead atoms. The number of carbonyl (C=O) groups is 3. The van der Waals surface area contributed by atoms with Crippen LogP contribution in [0, 0.1) is 0 Å². The van der Waals surface area contributed by atoms with Crippen molar-refractivity contribution in [1.29, 1.82) is 0 Å². The normalized spacial score (nSPS) is 10.4. The molecule has 0 aliphatic heterocycles. The Hall–Kier alpha value is -2.08. The maximum absolute atomic E-state index is 12.3. The zero-order valence-corrected chi connectivity index (χ0v) is 15.0. The Morgan fingerprint density at radius 2 is 1.68 bits per heavy atom. The number of hydrogen-bond donors (Lipinski definition) is 1. The maximum Gasteiger partial charge on any atom is 0.337 e. The first-order valence-electron chi connectivity index (χ1n) is 7.04. The number of amides is 1. The molecule has 0 unspecified atom stereocenters. The van der Waals surface area contributed by atoms with Gasteiger partial charge in [-0.05, 0) is 35.9 Å². The van der Waals surface area contributed by atoms with Gasteiger partial charge in [-0.2, -0.15) is 0 Å². The summed E-state index contributed by atoms with van der Waals surface area (Å²) in [5.41, 5.74) is 0.831. The summed E-state index contributed by atoms with van der Waals surface area (Å²) in [5.74, 6) is -1.70. The number of aromatic carboxylic acids is 1. The second-order valence-electron chi connectivity index (χ2n) is 5.07. The Morgan fingerprint density at radius 1 is 1.00 bits per heavy atom. The van der Waals surface area contributed by atoms with Crippen LogP contribution < -0.4 is 4.90 Å². The van der Waals surface area contributed by atoms with Crippen LogP contribution in [0.5, 0.6) is 0 Å². The lowest BCUT2D eigenvalue weighted by atomic mass is 10.1. The second kappa shape index (κ2) is 8.34. The smallest absolute Gasteiger partial charge is 0.337 e. The number of benzene rings is 2. The molecule has 1 N–H and O–H groups in total. The quantitative estimate of drug-likeness (QED) is 0.573. The molecule has 0 aromatic heterocycles. The summed E-state index contributed by atoms with van der Waals surface area (Å²) in [4.78, 5) is 35.6. The van der Waals surface area contributed by atoms with Gasteiger partial charge in [0.2, 0.25) is 5.91 Å². The highest BCUT2D eigenvalue weighted by Crippen LogP contribution is 2.27. The lowest BCUT2D eigenvalue weighted by molar-refractivity contribution is -0.122. The van der Waals surface area contributed by atoms with Crippen LogP contribution in [0.15, 0.2) is 36.4 Å². The van der Waals surface area contributed by atoms with Crippen LogP contribution in [0.3, 0.4) is 0 Å². The maximum atomic E-state index is 12.3. The molecule has 0 aliphatic rings. The van der Waals surface area contributed by atoms with Crippen LogP contribution in [-0.2, 0) is 16.1 Å². The van der Waals surface area contributed by atoms with Gasteiger partial charge >= 0.3 is 5.97 Å². The SMILES string of the molecule is O=CCC(=O)N(Cc1ccc(Cl)c(Cl)c1)c1ccc(Cl)c(C(=O)O)c1. The van der Waals surface area contributed by atoms with Gasteiger partial charge < -0.3 is 14.8 Å². The van der Waals surface area contributed by atoms with Crippen LogP contribution in [-0.4, -0.2) is 23.3 Å². The van der Waals surface area contributed by atoms with Crippen molar-refractivity contribution in [3.05, 3.63) is 62.6 Å². The minimum atomic E-state index is -1.22. The third-order valence-electron chi connectivity index (χ3n) is 3.38. The Labute approximate surface area is 158 Å². The number of rotatable bonds is 6. The summed E-state index contributed by atoms with van der Waals surface area (Å²) in [5, 5.41) is 9.94. The minimum absolute atomic E-state index is 0.0496. The molecule has 8 heteroatoms. The topological polar surface area (TPSA) is 74.7 Å². The van der Waals surface area contributed by atoms with Crippen LogP contribution in [0.4, 0.5) is 5.69 Å². The van der Waals surface area contributed by atoms with Gasteiger partial charge in [0, 0.05) is 5.69 Å². The molecular weight excluding hydrogens is 389 g/mol. The first-order valence-corrected chi connectivity index (χ1v) is 8.17. The molecule has 0 spiro atoms. The number of anilines is 1. The van der Waals surface area contributed by atoms with Crippen molar-refractivity contribution in [2.75, 3.05) is 4.90 Å². The van der Waals surface area contributed by atoms with E-state index in [1.807, 2.05) is 0 Å². The average Bonchev–Trinajstić information content (AvgIpc) is 2.56.